The highest BCUT2D eigenvalue weighted by Gasteiger charge is 2.18. The number of sulfone groups is 1. The lowest BCUT2D eigenvalue weighted by Gasteiger charge is -2.09. The van der Waals surface area contributed by atoms with Crippen molar-refractivity contribution >= 4 is 21.2 Å². The summed E-state index contributed by atoms with van der Waals surface area (Å²) in [5, 5.41) is 13.9. The Morgan fingerprint density at radius 2 is 1.88 bits per heavy atom. The number of hydrogen-bond acceptors (Lipinski definition) is 5. The van der Waals surface area contributed by atoms with Crippen LogP contribution in [0.15, 0.2) is 41.3 Å². The van der Waals surface area contributed by atoms with Gasteiger partial charge in [-0.1, -0.05) is 6.07 Å². The first kappa shape index (κ1) is 17.8. The van der Waals surface area contributed by atoms with Gasteiger partial charge in [0.05, 0.1) is 9.82 Å². The van der Waals surface area contributed by atoms with E-state index in [1.54, 1.807) is 0 Å². The largest absolute Gasteiger partial charge is 0.379 e. The van der Waals surface area contributed by atoms with Gasteiger partial charge in [0, 0.05) is 24.9 Å². The van der Waals surface area contributed by atoms with Crippen molar-refractivity contribution in [2.24, 2.45) is 0 Å². The van der Waals surface area contributed by atoms with Gasteiger partial charge in [0.15, 0.2) is 9.84 Å². The predicted octanol–water partition coefficient (Wildman–Crippen LogP) is 2.93. The molecule has 0 amide bonds. The zero-order chi connectivity index (χ0) is 17.9. The second kappa shape index (κ2) is 6.91. The lowest BCUT2D eigenvalue weighted by atomic mass is 10.1. The van der Waals surface area contributed by atoms with Gasteiger partial charge >= 0.3 is 0 Å². The Morgan fingerprint density at radius 3 is 2.46 bits per heavy atom. The van der Waals surface area contributed by atoms with Crippen LogP contribution in [-0.4, -0.2) is 26.1 Å². The van der Waals surface area contributed by atoms with Crippen molar-refractivity contribution in [3.63, 3.8) is 0 Å². The molecule has 0 aliphatic rings. The molecule has 0 heterocycles. The van der Waals surface area contributed by atoms with Crippen LogP contribution in [0.1, 0.15) is 5.56 Å². The van der Waals surface area contributed by atoms with Gasteiger partial charge in [0.2, 0.25) is 0 Å². The van der Waals surface area contributed by atoms with Crippen LogP contribution < -0.4 is 5.32 Å². The Morgan fingerprint density at radius 1 is 1.17 bits per heavy atom. The second-order valence-corrected chi connectivity index (χ2v) is 7.14. The first-order chi connectivity index (χ1) is 11.2. The third kappa shape index (κ3) is 4.25. The van der Waals surface area contributed by atoms with Gasteiger partial charge in [0.1, 0.15) is 17.3 Å². The second-order valence-electron chi connectivity index (χ2n) is 5.12. The molecular formula is C15H14F2N2O4S. The number of hydrogen-bond donors (Lipinski definition) is 1. The van der Waals surface area contributed by atoms with Gasteiger partial charge < -0.3 is 5.32 Å². The summed E-state index contributed by atoms with van der Waals surface area (Å²) in [7, 11) is -3.57. The van der Waals surface area contributed by atoms with E-state index in [4.69, 9.17) is 0 Å². The Hall–Kier alpha value is -2.55. The van der Waals surface area contributed by atoms with Crippen molar-refractivity contribution in [3.05, 3.63) is 63.7 Å². The van der Waals surface area contributed by atoms with Crippen LogP contribution in [0, 0.1) is 21.7 Å². The molecule has 0 saturated heterocycles. The first-order valence-corrected chi connectivity index (χ1v) is 8.74. The van der Waals surface area contributed by atoms with Crippen molar-refractivity contribution in [2.75, 3.05) is 18.1 Å². The molecule has 0 bridgehead atoms. The van der Waals surface area contributed by atoms with Crippen molar-refractivity contribution in [3.8, 4) is 0 Å². The Bertz CT molecular complexity index is 885. The maximum absolute atomic E-state index is 13.5. The highest BCUT2D eigenvalue weighted by molar-refractivity contribution is 7.90. The van der Waals surface area contributed by atoms with Gasteiger partial charge in [-0.25, -0.2) is 17.2 Å². The van der Waals surface area contributed by atoms with E-state index in [0.717, 1.165) is 24.5 Å². The fourth-order valence-corrected chi connectivity index (χ4v) is 2.74. The molecular weight excluding hydrogens is 342 g/mol. The van der Waals surface area contributed by atoms with Crippen LogP contribution in [0.25, 0.3) is 0 Å². The maximum atomic E-state index is 13.5. The van der Waals surface area contributed by atoms with E-state index in [1.165, 1.54) is 18.2 Å². The molecule has 0 saturated carbocycles. The molecule has 9 heteroatoms. The number of benzene rings is 2. The number of nitro benzene ring substituents is 1. The number of halogens is 2. The summed E-state index contributed by atoms with van der Waals surface area (Å²) in [4.78, 5) is 10.2. The summed E-state index contributed by atoms with van der Waals surface area (Å²) in [6.07, 6.45) is 1.13. The number of nitrogens with zero attached hydrogens (tertiary/aromatic N) is 1. The quantitative estimate of drug-likeness (QED) is 0.635. The monoisotopic (exact) mass is 356 g/mol. The van der Waals surface area contributed by atoms with E-state index >= 15 is 0 Å². The lowest BCUT2D eigenvalue weighted by Crippen LogP contribution is -2.09. The SMILES string of the molecule is CS(=O)(=O)c1ccc(NCCc2ccc(F)cc2F)c([N+](=O)[O-])c1. The molecule has 6 nitrogen and oxygen atoms in total. The summed E-state index contributed by atoms with van der Waals surface area (Å²) >= 11 is 0. The van der Waals surface area contributed by atoms with Gasteiger partial charge in [0.25, 0.3) is 5.69 Å². The third-order valence-electron chi connectivity index (χ3n) is 3.32. The Labute approximate surface area is 137 Å². The van der Waals surface area contributed by atoms with E-state index in [1.807, 2.05) is 0 Å². The fourth-order valence-electron chi connectivity index (χ4n) is 2.10. The number of anilines is 1. The first-order valence-electron chi connectivity index (χ1n) is 6.85. The van der Waals surface area contributed by atoms with Crippen LogP contribution in [0.3, 0.4) is 0 Å². The van der Waals surface area contributed by atoms with Crippen molar-refractivity contribution in [1.29, 1.82) is 0 Å². The molecule has 0 aliphatic heterocycles. The molecule has 24 heavy (non-hydrogen) atoms. The fraction of sp³-hybridized carbons (Fsp3) is 0.200. The van der Waals surface area contributed by atoms with Gasteiger partial charge in [-0.05, 0) is 30.2 Å². The predicted molar refractivity (Wildman–Crippen MR) is 84.8 cm³/mol. The van der Waals surface area contributed by atoms with Crippen molar-refractivity contribution in [2.45, 2.75) is 11.3 Å². The molecule has 0 spiro atoms. The Balaban J connectivity index is 2.16. The van der Waals surface area contributed by atoms with Crippen LogP contribution in [0.4, 0.5) is 20.2 Å². The van der Waals surface area contributed by atoms with Crippen LogP contribution in [0.5, 0.6) is 0 Å². The number of nitrogens with one attached hydrogen (secondary N) is 1. The number of rotatable bonds is 6. The van der Waals surface area contributed by atoms with E-state index < -0.39 is 32.1 Å². The molecule has 0 unspecified atom stereocenters. The molecule has 2 aromatic carbocycles. The molecule has 2 rings (SSSR count). The molecule has 0 radical (unpaired) electrons. The summed E-state index contributed by atoms with van der Waals surface area (Å²) in [6.45, 7) is 0.154. The zero-order valence-corrected chi connectivity index (χ0v) is 13.4. The maximum Gasteiger partial charge on any atom is 0.293 e. The minimum absolute atomic E-state index is 0.120. The molecule has 128 valence electrons. The van der Waals surface area contributed by atoms with Gasteiger partial charge in [-0.3, -0.25) is 10.1 Å². The normalized spacial score (nSPS) is 11.3. The summed E-state index contributed by atoms with van der Waals surface area (Å²) in [6, 6.07) is 6.70. The molecule has 0 aromatic heterocycles. The topological polar surface area (TPSA) is 89.3 Å². The van der Waals surface area contributed by atoms with E-state index in [-0.39, 0.29) is 29.1 Å². The molecule has 0 atom stereocenters. The average Bonchev–Trinajstić information content (AvgIpc) is 2.48. The zero-order valence-electron chi connectivity index (χ0n) is 12.6. The van der Waals surface area contributed by atoms with Crippen molar-refractivity contribution < 1.29 is 22.1 Å². The average molecular weight is 356 g/mol. The number of nitro groups is 1. The van der Waals surface area contributed by atoms with Gasteiger partial charge in [-0.2, -0.15) is 0 Å². The van der Waals surface area contributed by atoms with Crippen LogP contribution in [-0.2, 0) is 16.3 Å². The standard InChI is InChI=1S/C15H14F2N2O4S/c1-24(22,23)12-4-5-14(15(9-12)19(20)21)18-7-6-10-2-3-11(16)8-13(10)17/h2-5,8-9,18H,6-7H2,1H3. The highest BCUT2D eigenvalue weighted by atomic mass is 32.2. The third-order valence-corrected chi connectivity index (χ3v) is 4.43. The van der Waals surface area contributed by atoms with E-state index in [2.05, 4.69) is 5.32 Å². The summed E-state index contributed by atoms with van der Waals surface area (Å²) in [5.74, 6) is -1.38. The van der Waals surface area contributed by atoms with Crippen LogP contribution in [0.2, 0.25) is 0 Å². The highest BCUT2D eigenvalue weighted by Crippen LogP contribution is 2.27. The smallest absolute Gasteiger partial charge is 0.293 e. The lowest BCUT2D eigenvalue weighted by molar-refractivity contribution is -0.384. The summed E-state index contributed by atoms with van der Waals surface area (Å²) < 4.78 is 49.3. The van der Waals surface area contributed by atoms with E-state index in [9.17, 15) is 27.3 Å². The molecule has 2 aromatic rings. The van der Waals surface area contributed by atoms with Gasteiger partial charge in [-0.15, -0.1) is 0 Å². The minimum atomic E-state index is -3.57. The Kier molecular flexibility index (Phi) is 5.13. The van der Waals surface area contributed by atoms with E-state index in [0.29, 0.717) is 0 Å². The van der Waals surface area contributed by atoms with Crippen molar-refractivity contribution in [1.82, 2.24) is 0 Å². The van der Waals surface area contributed by atoms with Crippen LogP contribution >= 0.6 is 0 Å². The molecule has 1 N–H and O–H groups in total. The molecule has 0 fully saturated rings. The minimum Gasteiger partial charge on any atom is -0.379 e. The summed E-state index contributed by atoms with van der Waals surface area (Å²) in [5.41, 5.74) is -0.00766. The molecule has 0 aliphatic carbocycles.